The number of carbonyl (C=O) groups is 4. The molecule has 0 unspecified atom stereocenters. The molecule has 0 radical (unpaired) electrons. The quantitative estimate of drug-likeness (QED) is 0.289. The first-order valence-electron chi connectivity index (χ1n) is 13.5. The van der Waals surface area contributed by atoms with E-state index in [2.05, 4.69) is 10.6 Å². The van der Waals surface area contributed by atoms with Gasteiger partial charge >= 0.3 is 12.1 Å². The van der Waals surface area contributed by atoms with Gasteiger partial charge in [-0.1, -0.05) is 42.5 Å². The predicted molar refractivity (Wildman–Crippen MR) is 155 cm³/mol. The minimum Gasteiger partial charge on any atom is -0.461 e. The first-order valence-corrected chi connectivity index (χ1v) is 14.7. The van der Waals surface area contributed by atoms with Crippen LogP contribution in [0.1, 0.15) is 61.5 Å². The number of hydrogen-bond acceptors (Lipinski definition) is 7. The fourth-order valence-corrected chi connectivity index (χ4v) is 5.03. The van der Waals surface area contributed by atoms with Gasteiger partial charge in [0.25, 0.3) is 5.91 Å². The summed E-state index contributed by atoms with van der Waals surface area (Å²) in [7, 11) is 0. The number of amides is 3. The number of nitrogens with one attached hydrogen (secondary N) is 2. The lowest BCUT2D eigenvalue weighted by Gasteiger charge is -2.26. The molecule has 2 aromatic rings. The summed E-state index contributed by atoms with van der Waals surface area (Å²) >= 11 is 1.68. The Kier molecular flexibility index (Phi) is 11.9. The molecular weight excluding hydrogens is 530 g/mol. The van der Waals surface area contributed by atoms with Crippen molar-refractivity contribution in [3.63, 3.8) is 0 Å². The maximum absolute atomic E-state index is 13.0. The highest BCUT2D eigenvalue weighted by molar-refractivity contribution is 7.99. The van der Waals surface area contributed by atoms with E-state index in [1.54, 1.807) is 61.7 Å². The van der Waals surface area contributed by atoms with Gasteiger partial charge < -0.3 is 25.0 Å². The highest BCUT2D eigenvalue weighted by Gasteiger charge is 2.29. The lowest BCUT2D eigenvalue weighted by molar-refractivity contribution is -0.144. The Morgan fingerprint density at radius 3 is 2.45 bits per heavy atom. The normalized spacial score (nSPS) is 13.8. The van der Waals surface area contributed by atoms with Crippen LogP contribution in [0.15, 0.2) is 54.6 Å². The summed E-state index contributed by atoms with van der Waals surface area (Å²) in [5.74, 6) is 0.781. The molecular formula is C30H39N3O6S. The number of thioether (sulfide) groups is 1. The number of alkyl carbamates (subject to hydrolysis) is 1. The topological polar surface area (TPSA) is 114 Å². The van der Waals surface area contributed by atoms with Crippen LogP contribution in [0.2, 0.25) is 0 Å². The molecule has 0 saturated carbocycles. The van der Waals surface area contributed by atoms with Crippen molar-refractivity contribution in [2.24, 2.45) is 0 Å². The summed E-state index contributed by atoms with van der Waals surface area (Å²) in [5, 5.41) is 5.62. The van der Waals surface area contributed by atoms with Crippen LogP contribution in [-0.4, -0.2) is 65.1 Å². The van der Waals surface area contributed by atoms with Crippen LogP contribution < -0.4 is 10.6 Å². The first-order chi connectivity index (χ1) is 19.1. The van der Waals surface area contributed by atoms with E-state index in [-0.39, 0.29) is 30.8 Å². The van der Waals surface area contributed by atoms with E-state index >= 15 is 0 Å². The maximum atomic E-state index is 13.0. The molecule has 2 aromatic carbocycles. The highest BCUT2D eigenvalue weighted by atomic mass is 32.2. The summed E-state index contributed by atoms with van der Waals surface area (Å²) < 4.78 is 10.7. The molecule has 216 valence electrons. The predicted octanol–water partition coefficient (Wildman–Crippen LogP) is 4.30. The molecule has 0 spiro atoms. The Balaban J connectivity index is 1.43. The molecule has 0 bridgehead atoms. The number of rotatable bonds is 12. The zero-order valence-electron chi connectivity index (χ0n) is 23.4. The third-order valence-corrected chi connectivity index (χ3v) is 7.00. The third-order valence-electron chi connectivity index (χ3n) is 6.04. The maximum Gasteiger partial charge on any atom is 0.408 e. The fraction of sp³-hybridized carbons (Fsp3) is 0.467. The van der Waals surface area contributed by atoms with E-state index in [1.807, 2.05) is 30.3 Å². The molecule has 1 aliphatic heterocycles. The summed E-state index contributed by atoms with van der Waals surface area (Å²) in [4.78, 5) is 52.0. The molecule has 10 heteroatoms. The number of benzene rings is 2. The Morgan fingerprint density at radius 1 is 1.00 bits per heavy atom. The Bertz CT molecular complexity index is 1150. The van der Waals surface area contributed by atoms with Gasteiger partial charge in [0, 0.05) is 24.4 Å². The number of esters is 1. The summed E-state index contributed by atoms with van der Waals surface area (Å²) in [6, 6.07) is 15.7. The number of carbonyl (C=O) groups excluding carboxylic acids is 4. The van der Waals surface area contributed by atoms with Crippen molar-refractivity contribution >= 4 is 35.6 Å². The summed E-state index contributed by atoms with van der Waals surface area (Å²) in [5.41, 5.74) is 1.40. The smallest absolute Gasteiger partial charge is 0.408 e. The molecule has 0 aromatic heterocycles. The van der Waals surface area contributed by atoms with Gasteiger partial charge in [-0.3, -0.25) is 14.4 Å². The van der Waals surface area contributed by atoms with E-state index in [9.17, 15) is 19.2 Å². The van der Waals surface area contributed by atoms with Gasteiger partial charge in [-0.15, -0.1) is 11.8 Å². The second kappa shape index (κ2) is 15.3. The van der Waals surface area contributed by atoms with Gasteiger partial charge in [0.05, 0.1) is 12.3 Å². The SMILES string of the molecule is CC(C)(C)OC(=O)N[C@@H](CCCCNC(=O)c1cccc(CC(=O)OCc2ccccc2)c1)C(=O)N1CCSC1. The Labute approximate surface area is 240 Å². The first kappa shape index (κ1) is 31.0. The molecule has 1 aliphatic rings. The van der Waals surface area contributed by atoms with Crippen molar-refractivity contribution in [3.8, 4) is 0 Å². The van der Waals surface area contributed by atoms with Crippen LogP contribution in [0.4, 0.5) is 4.79 Å². The van der Waals surface area contributed by atoms with Crippen molar-refractivity contribution in [2.45, 2.75) is 64.7 Å². The van der Waals surface area contributed by atoms with Crippen LogP contribution in [0.5, 0.6) is 0 Å². The van der Waals surface area contributed by atoms with Gasteiger partial charge in [0.2, 0.25) is 5.91 Å². The Hall–Kier alpha value is -3.53. The van der Waals surface area contributed by atoms with Gasteiger partial charge in [-0.2, -0.15) is 0 Å². The fourth-order valence-electron chi connectivity index (χ4n) is 4.07. The van der Waals surface area contributed by atoms with Gasteiger partial charge in [0.15, 0.2) is 0 Å². The van der Waals surface area contributed by atoms with Gasteiger partial charge in [0.1, 0.15) is 18.2 Å². The van der Waals surface area contributed by atoms with Crippen molar-refractivity contribution in [3.05, 3.63) is 71.3 Å². The van der Waals surface area contributed by atoms with E-state index in [0.29, 0.717) is 49.4 Å². The molecule has 2 N–H and O–H groups in total. The minimum atomic E-state index is -0.678. The van der Waals surface area contributed by atoms with Crippen molar-refractivity contribution in [1.82, 2.24) is 15.5 Å². The molecule has 3 amide bonds. The molecule has 1 atom stereocenters. The number of nitrogens with zero attached hydrogens (tertiary/aromatic N) is 1. The molecule has 0 aliphatic carbocycles. The summed E-state index contributed by atoms with van der Waals surface area (Å²) in [6.07, 6.45) is 1.15. The van der Waals surface area contributed by atoms with E-state index in [0.717, 1.165) is 11.3 Å². The molecule has 1 saturated heterocycles. The van der Waals surface area contributed by atoms with Crippen LogP contribution >= 0.6 is 11.8 Å². The molecule has 1 fully saturated rings. The number of ether oxygens (including phenoxy) is 2. The minimum absolute atomic E-state index is 0.0730. The van der Waals surface area contributed by atoms with Crippen molar-refractivity contribution < 1.29 is 28.7 Å². The second-order valence-corrected chi connectivity index (χ2v) is 11.7. The Morgan fingerprint density at radius 2 is 1.75 bits per heavy atom. The van der Waals surface area contributed by atoms with Gasteiger partial charge in [-0.25, -0.2) is 4.79 Å². The molecule has 1 heterocycles. The standard InChI is InChI=1S/C30H39N3O6S/c1-30(2,3)39-29(37)32-25(28(36)33-16-17-40-21-33)14-7-8-15-31-27(35)24-13-9-12-23(18-24)19-26(34)38-20-22-10-5-4-6-11-22/h4-6,9-13,18,25H,7-8,14-17,19-21H2,1-3H3,(H,31,35)(H,32,37)/t25-/m0/s1. The van der Waals surface area contributed by atoms with Crippen LogP contribution in [0.25, 0.3) is 0 Å². The third kappa shape index (κ3) is 10.9. The van der Waals surface area contributed by atoms with E-state index in [4.69, 9.17) is 9.47 Å². The zero-order chi connectivity index (χ0) is 29.0. The molecule has 9 nitrogen and oxygen atoms in total. The van der Waals surface area contributed by atoms with Crippen molar-refractivity contribution in [1.29, 1.82) is 0 Å². The van der Waals surface area contributed by atoms with Crippen LogP contribution in [-0.2, 0) is 32.1 Å². The van der Waals surface area contributed by atoms with E-state index < -0.39 is 17.7 Å². The van der Waals surface area contributed by atoms with E-state index in [1.165, 1.54) is 0 Å². The zero-order valence-corrected chi connectivity index (χ0v) is 24.3. The number of unbranched alkanes of at least 4 members (excludes halogenated alkanes) is 1. The van der Waals surface area contributed by atoms with Crippen molar-refractivity contribution in [2.75, 3.05) is 24.7 Å². The van der Waals surface area contributed by atoms with Gasteiger partial charge in [-0.05, 0) is 63.3 Å². The number of hydrogen-bond donors (Lipinski definition) is 2. The summed E-state index contributed by atoms with van der Waals surface area (Å²) in [6.45, 7) is 6.60. The largest absolute Gasteiger partial charge is 0.461 e. The molecule has 3 rings (SSSR count). The molecule has 40 heavy (non-hydrogen) atoms. The highest BCUT2D eigenvalue weighted by Crippen LogP contribution is 2.17. The average molecular weight is 570 g/mol. The lowest BCUT2D eigenvalue weighted by Crippen LogP contribution is -2.49. The average Bonchev–Trinajstić information content (AvgIpc) is 3.45. The van der Waals surface area contributed by atoms with Crippen LogP contribution in [0.3, 0.4) is 0 Å². The second-order valence-electron chi connectivity index (χ2n) is 10.6. The van der Waals surface area contributed by atoms with Crippen LogP contribution in [0, 0.1) is 0 Å². The monoisotopic (exact) mass is 569 g/mol. The lowest BCUT2D eigenvalue weighted by atomic mass is 10.1.